The van der Waals surface area contributed by atoms with Gasteiger partial charge < -0.3 is 15.5 Å². The van der Waals surface area contributed by atoms with Gasteiger partial charge in [0, 0.05) is 36.6 Å². The second-order valence-corrected chi connectivity index (χ2v) is 7.52. The summed E-state index contributed by atoms with van der Waals surface area (Å²) in [4.78, 5) is 14.4. The fourth-order valence-electron chi connectivity index (χ4n) is 3.16. The summed E-state index contributed by atoms with van der Waals surface area (Å²) in [5.74, 6) is 0. The number of hydrogen-bond donors (Lipinski definition) is 2. The zero-order chi connectivity index (χ0) is 16.8. The zero-order valence-electron chi connectivity index (χ0n) is 14.6. The number of carbonyl (C=O) groups excluding carboxylic acids is 1. The van der Waals surface area contributed by atoms with Crippen LogP contribution in [-0.4, -0.2) is 58.9 Å². The highest BCUT2D eigenvalue weighted by atomic mass is 32.2. The summed E-state index contributed by atoms with van der Waals surface area (Å²) in [6, 6.07) is 0.346. The molecule has 1 saturated carbocycles. The van der Waals surface area contributed by atoms with Crippen molar-refractivity contribution in [2.75, 3.05) is 26.9 Å². The number of thioether (sulfide) groups is 1. The van der Waals surface area contributed by atoms with Crippen LogP contribution < -0.4 is 10.6 Å². The highest BCUT2D eigenvalue weighted by Crippen LogP contribution is 2.27. The Morgan fingerprint density at radius 1 is 1.48 bits per heavy atom. The number of likely N-dealkylation sites (N-methyl/N-ethyl adjacent to an activating group) is 1. The molecule has 7 heteroatoms. The molecule has 0 aromatic carbocycles. The van der Waals surface area contributed by atoms with E-state index in [1.807, 2.05) is 45.3 Å². The molecule has 0 spiro atoms. The molecule has 0 aliphatic heterocycles. The fourth-order valence-corrected chi connectivity index (χ4v) is 4.10. The summed E-state index contributed by atoms with van der Waals surface area (Å²) < 4.78 is 1.79. The molecule has 0 radical (unpaired) electrons. The van der Waals surface area contributed by atoms with Crippen LogP contribution in [0.1, 0.15) is 37.3 Å². The SMILES string of the molecule is CS[C@@H]1CCCC[C@H]1NC(=O)NC[C@H](c1cnn(C)c1)N(C)C. The molecular formula is C16H29N5OS. The van der Waals surface area contributed by atoms with E-state index in [1.165, 1.54) is 19.3 Å². The van der Waals surface area contributed by atoms with Gasteiger partial charge in [-0.1, -0.05) is 12.8 Å². The topological polar surface area (TPSA) is 62.2 Å². The van der Waals surface area contributed by atoms with Crippen LogP contribution in [0.4, 0.5) is 4.79 Å². The maximum absolute atomic E-state index is 12.3. The monoisotopic (exact) mass is 339 g/mol. The van der Waals surface area contributed by atoms with E-state index in [0.29, 0.717) is 11.8 Å². The van der Waals surface area contributed by atoms with Gasteiger partial charge in [0.1, 0.15) is 0 Å². The van der Waals surface area contributed by atoms with Gasteiger partial charge in [0.05, 0.1) is 12.2 Å². The van der Waals surface area contributed by atoms with Crippen LogP contribution in [-0.2, 0) is 7.05 Å². The van der Waals surface area contributed by atoms with Crippen LogP contribution in [0.25, 0.3) is 0 Å². The van der Waals surface area contributed by atoms with Crippen molar-refractivity contribution in [3.8, 4) is 0 Å². The van der Waals surface area contributed by atoms with Gasteiger partial charge in [-0.2, -0.15) is 16.9 Å². The van der Waals surface area contributed by atoms with Gasteiger partial charge in [-0.25, -0.2) is 4.79 Å². The largest absolute Gasteiger partial charge is 0.336 e. The smallest absolute Gasteiger partial charge is 0.315 e. The Bertz CT molecular complexity index is 504. The van der Waals surface area contributed by atoms with Crippen LogP contribution in [0.2, 0.25) is 0 Å². The molecule has 0 bridgehead atoms. The van der Waals surface area contributed by atoms with E-state index >= 15 is 0 Å². The molecule has 3 atom stereocenters. The third kappa shape index (κ3) is 5.14. The Morgan fingerprint density at radius 2 is 2.22 bits per heavy atom. The fraction of sp³-hybridized carbons (Fsp3) is 0.750. The van der Waals surface area contributed by atoms with Crippen molar-refractivity contribution in [1.82, 2.24) is 25.3 Å². The first-order chi connectivity index (χ1) is 11.0. The molecule has 2 N–H and O–H groups in total. The van der Waals surface area contributed by atoms with Gasteiger partial charge in [0.15, 0.2) is 0 Å². The first-order valence-corrected chi connectivity index (χ1v) is 9.52. The second kappa shape index (κ2) is 8.59. The Morgan fingerprint density at radius 3 is 2.83 bits per heavy atom. The molecule has 130 valence electrons. The minimum atomic E-state index is -0.0632. The average molecular weight is 340 g/mol. The Hall–Kier alpha value is -1.21. The Kier molecular flexibility index (Phi) is 6.77. The van der Waals surface area contributed by atoms with E-state index in [0.717, 1.165) is 12.0 Å². The lowest BCUT2D eigenvalue weighted by atomic mass is 9.95. The van der Waals surface area contributed by atoms with E-state index < -0.39 is 0 Å². The summed E-state index contributed by atoms with van der Waals surface area (Å²) in [5, 5.41) is 10.9. The third-order valence-electron chi connectivity index (χ3n) is 4.51. The van der Waals surface area contributed by atoms with Gasteiger partial charge >= 0.3 is 6.03 Å². The number of rotatable bonds is 6. The number of urea groups is 1. The molecular weight excluding hydrogens is 310 g/mol. The number of nitrogens with one attached hydrogen (secondary N) is 2. The summed E-state index contributed by atoms with van der Waals surface area (Å²) in [7, 11) is 5.94. The lowest BCUT2D eigenvalue weighted by Crippen LogP contribution is -2.49. The van der Waals surface area contributed by atoms with E-state index in [-0.39, 0.29) is 18.1 Å². The van der Waals surface area contributed by atoms with Crippen molar-refractivity contribution in [2.24, 2.45) is 7.05 Å². The van der Waals surface area contributed by atoms with Crippen molar-refractivity contribution in [1.29, 1.82) is 0 Å². The van der Waals surface area contributed by atoms with Crippen molar-refractivity contribution in [3.05, 3.63) is 18.0 Å². The van der Waals surface area contributed by atoms with Gasteiger partial charge in [0.25, 0.3) is 0 Å². The van der Waals surface area contributed by atoms with E-state index in [1.54, 1.807) is 4.68 Å². The second-order valence-electron chi connectivity index (χ2n) is 6.45. The number of hydrogen-bond acceptors (Lipinski definition) is 4. The van der Waals surface area contributed by atoms with Crippen LogP contribution in [0, 0.1) is 0 Å². The number of carbonyl (C=O) groups is 1. The standard InChI is InChI=1S/C16H29N5OS/c1-20(2)14(12-9-18-21(3)11-12)10-17-16(22)19-13-7-5-6-8-15(13)23-4/h9,11,13-15H,5-8,10H2,1-4H3,(H2,17,19,22)/t13-,14-,15-/m1/s1. The lowest BCUT2D eigenvalue weighted by molar-refractivity contribution is 0.226. The van der Waals surface area contributed by atoms with Crippen LogP contribution in [0.15, 0.2) is 12.4 Å². The first kappa shape index (κ1) is 18.1. The lowest BCUT2D eigenvalue weighted by Gasteiger charge is -2.31. The zero-order valence-corrected chi connectivity index (χ0v) is 15.4. The number of nitrogens with zero attached hydrogens (tertiary/aromatic N) is 3. The first-order valence-electron chi connectivity index (χ1n) is 8.23. The molecule has 23 heavy (non-hydrogen) atoms. The highest BCUT2D eigenvalue weighted by molar-refractivity contribution is 7.99. The van der Waals surface area contributed by atoms with Crippen LogP contribution >= 0.6 is 11.8 Å². The predicted octanol–water partition coefficient (Wildman–Crippen LogP) is 2.00. The molecule has 1 aromatic rings. The number of aromatic nitrogens is 2. The summed E-state index contributed by atoms with van der Waals surface area (Å²) in [6.45, 7) is 0.571. The summed E-state index contributed by atoms with van der Waals surface area (Å²) in [6.07, 6.45) is 10.7. The van der Waals surface area contributed by atoms with Crippen molar-refractivity contribution in [3.63, 3.8) is 0 Å². The van der Waals surface area contributed by atoms with Gasteiger partial charge in [-0.3, -0.25) is 4.68 Å². The molecule has 2 rings (SSSR count). The molecule has 6 nitrogen and oxygen atoms in total. The van der Waals surface area contributed by atoms with Crippen molar-refractivity contribution in [2.45, 2.75) is 43.0 Å². The number of amides is 2. The van der Waals surface area contributed by atoms with Crippen LogP contribution in [0.5, 0.6) is 0 Å². The maximum Gasteiger partial charge on any atom is 0.315 e. The minimum Gasteiger partial charge on any atom is -0.336 e. The van der Waals surface area contributed by atoms with Crippen molar-refractivity contribution >= 4 is 17.8 Å². The molecule has 1 heterocycles. The van der Waals surface area contributed by atoms with E-state index in [9.17, 15) is 4.79 Å². The average Bonchev–Trinajstić information content (AvgIpc) is 2.94. The van der Waals surface area contributed by atoms with Gasteiger partial charge in [-0.05, 0) is 33.2 Å². The molecule has 0 saturated heterocycles. The maximum atomic E-state index is 12.3. The van der Waals surface area contributed by atoms with Crippen LogP contribution in [0.3, 0.4) is 0 Å². The van der Waals surface area contributed by atoms with Gasteiger partial charge in [0.2, 0.25) is 0 Å². The Labute approximate surface area is 143 Å². The van der Waals surface area contributed by atoms with Gasteiger partial charge in [-0.15, -0.1) is 0 Å². The molecule has 2 amide bonds. The highest BCUT2D eigenvalue weighted by Gasteiger charge is 2.26. The molecule has 1 fully saturated rings. The number of aryl methyl sites for hydroxylation is 1. The normalized spacial score (nSPS) is 22.8. The Balaban J connectivity index is 1.86. The molecule has 0 unspecified atom stereocenters. The molecule has 1 aliphatic carbocycles. The molecule has 1 aliphatic rings. The van der Waals surface area contributed by atoms with E-state index in [4.69, 9.17) is 0 Å². The summed E-state index contributed by atoms with van der Waals surface area (Å²) >= 11 is 1.86. The van der Waals surface area contributed by atoms with E-state index in [2.05, 4.69) is 26.9 Å². The minimum absolute atomic E-state index is 0.0632. The van der Waals surface area contributed by atoms with Crippen molar-refractivity contribution < 1.29 is 4.79 Å². The third-order valence-corrected chi connectivity index (χ3v) is 5.68. The quantitative estimate of drug-likeness (QED) is 0.832. The summed E-state index contributed by atoms with van der Waals surface area (Å²) in [5.41, 5.74) is 1.11. The molecule has 1 aromatic heterocycles. The predicted molar refractivity (Wildman–Crippen MR) is 95.7 cm³/mol.